The zero-order chi connectivity index (χ0) is 4.28. The maximum atomic E-state index is 9.75. The van der Waals surface area contributed by atoms with Crippen LogP contribution in [0.25, 0.3) is 0 Å². The van der Waals surface area contributed by atoms with Crippen LogP contribution in [0.3, 0.4) is 0 Å². The Morgan fingerprint density at radius 3 is 1.86 bits per heavy atom. The molecule has 0 aliphatic carbocycles. The first-order valence-corrected chi connectivity index (χ1v) is 2.36. The van der Waals surface area contributed by atoms with Gasteiger partial charge in [-0.05, 0) is 0 Å². The second-order valence-electron chi connectivity index (χ2n) is 0.670. The van der Waals surface area contributed by atoms with Gasteiger partial charge in [0.05, 0.1) is 0 Å². The van der Waals surface area contributed by atoms with Crippen molar-refractivity contribution in [2.45, 2.75) is 0 Å². The topological polar surface area (TPSA) is 45.6 Å². The number of hydrogen-bond acceptors (Lipinski definition) is 1. The molecule has 0 aromatic carbocycles. The number of hydrogen-bond donors (Lipinski definition) is 0. The quantitative estimate of drug-likeness (QED) is 0.395. The fourth-order valence-electron chi connectivity index (χ4n) is 0. The van der Waals surface area contributed by atoms with Gasteiger partial charge in [-0.1, -0.05) is 0 Å². The van der Waals surface area contributed by atoms with Gasteiger partial charge in [0, 0.05) is 0 Å². The SMILES string of the molecule is C=C[C](=O)[Ca+].[Ni+2].[O-2]. The molecule has 0 saturated carbocycles. The van der Waals surface area contributed by atoms with Crippen LogP contribution in [0, 0.1) is 0 Å². The van der Waals surface area contributed by atoms with Crippen molar-refractivity contribution in [3.05, 3.63) is 12.7 Å². The van der Waals surface area contributed by atoms with Gasteiger partial charge in [-0.25, -0.2) is 0 Å². The first kappa shape index (κ1) is 15.7. The summed E-state index contributed by atoms with van der Waals surface area (Å²) in [5.41, 5.74) is 0. The van der Waals surface area contributed by atoms with Crippen molar-refractivity contribution in [1.82, 2.24) is 0 Å². The predicted molar refractivity (Wildman–Crippen MR) is 21.6 cm³/mol. The summed E-state index contributed by atoms with van der Waals surface area (Å²) in [5.74, 6) is 0. The van der Waals surface area contributed by atoms with E-state index in [0.717, 1.165) is 0 Å². The van der Waals surface area contributed by atoms with Crippen molar-refractivity contribution in [3.8, 4) is 0 Å². The summed E-state index contributed by atoms with van der Waals surface area (Å²) < 4.78 is 0.144. The number of allylic oxidation sites excluding steroid dienone is 1. The van der Waals surface area contributed by atoms with Crippen LogP contribution in [-0.4, -0.2) is 37.7 Å². The predicted octanol–water partition coefficient (Wildman–Crippen LogP) is -0.254. The standard InChI is InChI=1S/C3H3O.Ca.Ni.O/c1-2-3-4;;;/h2H,1H2;;;/q;+1;+2;-2. The Balaban J connectivity index is -0.0000000800. The minimum Gasteiger partial charge on any atom is -2.00 e. The Morgan fingerprint density at radius 1 is 1.71 bits per heavy atom. The van der Waals surface area contributed by atoms with E-state index in [1.54, 1.807) is 0 Å². The number of carbonyl (C=O) groups is 1. The molecule has 0 bridgehead atoms. The van der Waals surface area contributed by atoms with Crippen molar-refractivity contribution >= 4 is 37.7 Å². The first-order chi connectivity index (χ1) is 2.27. The van der Waals surface area contributed by atoms with Crippen LogP contribution in [0.4, 0.5) is 0 Å². The zero-order valence-corrected chi connectivity index (χ0v) is 6.82. The van der Waals surface area contributed by atoms with Gasteiger partial charge < -0.3 is 5.48 Å². The third kappa shape index (κ3) is 19.2. The molecule has 38 valence electrons. The second kappa shape index (κ2) is 10.2. The fourth-order valence-corrected chi connectivity index (χ4v) is 0. The van der Waals surface area contributed by atoms with Gasteiger partial charge in [-0.2, -0.15) is 0 Å². The van der Waals surface area contributed by atoms with Crippen molar-refractivity contribution in [1.29, 1.82) is 0 Å². The number of rotatable bonds is 1. The van der Waals surface area contributed by atoms with E-state index in [4.69, 9.17) is 0 Å². The van der Waals surface area contributed by atoms with Gasteiger partial charge in [0.2, 0.25) is 0 Å². The van der Waals surface area contributed by atoms with Gasteiger partial charge in [0.15, 0.2) is 0 Å². The van der Waals surface area contributed by atoms with Gasteiger partial charge in [-0.3, -0.25) is 0 Å². The van der Waals surface area contributed by atoms with Crippen LogP contribution >= 0.6 is 0 Å². The van der Waals surface area contributed by atoms with E-state index in [9.17, 15) is 4.79 Å². The van der Waals surface area contributed by atoms with E-state index in [1.807, 2.05) is 0 Å². The van der Waals surface area contributed by atoms with Crippen LogP contribution in [0.5, 0.6) is 0 Å². The third-order valence-electron chi connectivity index (χ3n) is 0.228. The molecule has 0 aromatic rings. The normalized spacial score (nSPS) is 4.86. The summed E-state index contributed by atoms with van der Waals surface area (Å²) in [4.78, 5) is 9.75. The Bertz CT molecular complexity index is 64.0. The van der Waals surface area contributed by atoms with Gasteiger partial charge >= 0.3 is 71.6 Å². The maximum Gasteiger partial charge on any atom is 2.00 e. The molecule has 0 saturated heterocycles. The van der Waals surface area contributed by atoms with Crippen LogP contribution in [0.2, 0.25) is 0 Å². The van der Waals surface area contributed by atoms with Crippen LogP contribution in [-0.2, 0) is 26.8 Å². The molecule has 0 atom stereocenters. The average Bonchev–Trinajstić information content (AvgIpc) is 1.38. The van der Waals surface area contributed by atoms with Crippen molar-refractivity contribution in [2.24, 2.45) is 0 Å². The van der Waals surface area contributed by atoms with Crippen molar-refractivity contribution in [3.63, 3.8) is 0 Å². The van der Waals surface area contributed by atoms with E-state index < -0.39 is 0 Å². The average molecular weight is 170 g/mol. The molecule has 0 N–H and O–H groups in total. The van der Waals surface area contributed by atoms with Crippen LogP contribution in [0.15, 0.2) is 12.7 Å². The molecular formula is C3H3CaNiO2+. The Labute approximate surface area is 76.2 Å². The van der Waals surface area contributed by atoms with E-state index >= 15 is 0 Å². The summed E-state index contributed by atoms with van der Waals surface area (Å²) >= 11 is 0.698. The molecule has 0 rings (SSSR count). The molecule has 0 amide bonds. The summed E-state index contributed by atoms with van der Waals surface area (Å²) in [7, 11) is 0. The molecule has 0 spiro atoms. The molecule has 0 unspecified atom stereocenters. The van der Waals surface area contributed by atoms with Crippen LogP contribution in [0.1, 0.15) is 0 Å². The molecule has 0 heterocycles. The Hall–Kier alpha value is 1.12. The van der Waals surface area contributed by atoms with Gasteiger partial charge in [0.1, 0.15) is 0 Å². The molecule has 0 aromatic heterocycles. The van der Waals surface area contributed by atoms with E-state index in [-0.39, 0.29) is 23.8 Å². The molecular weight excluding hydrogens is 167 g/mol. The van der Waals surface area contributed by atoms with E-state index in [0.29, 0.717) is 35.8 Å². The molecule has 0 aliphatic heterocycles. The second-order valence-corrected chi connectivity index (χ2v) is 1.76. The van der Waals surface area contributed by atoms with Gasteiger partial charge in [0.25, 0.3) is 0 Å². The monoisotopic (exact) mass is 169 g/mol. The van der Waals surface area contributed by atoms with Crippen molar-refractivity contribution < 1.29 is 26.8 Å². The third-order valence-corrected chi connectivity index (χ3v) is 0.678. The fraction of sp³-hybridized carbons (Fsp3) is 0. The molecule has 7 heavy (non-hydrogen) atoms. The summed E-state index contributed by atoms with van der Waals surface area (Å²) in [6.07, 6.45) is 1.33. The Kier molecular flexibility index (Phi) is 22.8. The maximum absolute atomic E-state index is 9.75. The summed E-state index contributed by atoms with van der Waals surface area (Å²) in [6, 6.07) is 0. The van der Waals surface area contributed by atoms with Gasteiger partial charge in [-0.15, -0.1) is 0 Å². The molecule has 2 nitrogen and oxygen atoms in total. The van der Waals surface area contributed by atoms with E-state index in [1.165, 1.54) is 6.08 Å². The van der Waals surface area contributed by atoms with Crippen molar-refractivity contribution in [2.75, 3.05) is 0 Å². The summed E-state index contributed by atoms with van der Waals surface area (Å²) in [6.45, 7) is 3.24. The molecule has 0 radical (unpaired) electrons. The molecule has 0 aliphatic rings. The molecule has 0 fully saturated rings. The minimum atomic E-state index is 0. The van der Waals surface area contributed by atoms with Crippen LogP contribution < -0.4 is 0 Å². The smallest absolute Gasteiger partial charge is 2.00 e. The number of carbonyl (C=O) groups excluding carboxylic acids is 1. The zero-order valence-electron chi connectivity index (χ0n) is 3.62. The minimum absolute atomic E-state index is 0. The summed E-state index contributed by atoms with van der Waals surface area (Å²) in [5, 5.41) is 0. The molecule has 4 heteroatoms. The Morgan fingerprint density at radius 2 is 1.86 bits per heavy atom. The van der Waals surface area contributed by atoms with E-state index in [2.05, 4.69) is 6.58 Å². The first-order valence-electron chi connectivity index (χ1n) is 1.25. The largest absolute Gasteiger partial charge is 2.00 e.